The van der Waals surface area contributed by atoms with Gasteiger partial charge in [-0.25, -0.2) is 0 Å². The molecule has 1 aromatic rings. The number of nitrogens with one attached hydrogen (secondary N) is 1. The molecule has 0 bridgehead atoms. The zero-order valence-electron chi connectivity index (χ0n) is 7.12. The third-order valence-electron chi connectivity index (χ3n) is 1.42. The summed E-state index contributed by atoms with van der Waals surface area (Å²) in [6, 6.07) is 8.04. The molecule has 0 atom stereocenters. The molecule has 0 spiro atoms. The van der Waals surface area contributed by atoms with E-state index in [0.29, 0.717) is 5.56 Å². The second kappa shape index (κ2) is 4.17. The molecular weight excluding hydrogens is 164 g/mol. The van der Waals surface area contributed by atoms with E-state index in [1.54, 1.807) is 12.1 Å². The second-order valence-electron chi connectivity index (χ2n) is 2.62. The van der Waals surface area contributed by atoms with Gasteiger partial charge in [-0.05, 0) is 24.3 Å². The maximum absolute atomic E-state index is 8.74. The fraction of sp³-hybridized carbons (Fsp3) is 0.100. The van der Waals surface area contributed by atoms with Gasteiger partial charge in [-0.2, -0.15) is 5.26 Å². The van der Waals surface area contributed by atoms with Crippen LogP contribution >= 0.6 is 0 Å². The predicted molar refractivity (Wildman–Crippen MR) is 50.0 cm³/mol. The smallest absolute Gasteiger partial charge is 0.115 e. The lowest BCUT2D eigenvalue weighted by Gasteiger charge is -1.87. The average molecular weight is 174 g/mol. The van der Waals surface area contributed by atoms with Crippen LogP contribution in [0.4, 0.5) is 0 Å². The van der Waals surface area contributed by atoms with Crippen LogP contribution in [0, 0.1) is 11.3 Å². The average Bonchev–Trinajstić information content (AvgIpc) is 2.90. The number of aromatic hydroxyl groups is 1. The van der Waals surface area contributed by atoms with Crippen molar-refractivity contribution in [2.75, 3.05) is 6.54 Å². The van der Waals surface area contributed by atoms with Gasteiger partial charge >= 0.3 is 0 Å². The molecule has 0 amide bonds. The number of rotatable bonds is 0. The van der Waals surface area contributed by atoms with Crippen LogP contribution in [0.5, 0.6) is 5.75 Å². The molecule has 0 aromatic heterocycles. The van der Waals surface area contributed by atoms with Crippen molar-refractivity contribution >= 4 is 0 Å². The van der Waals surface area contributed by atoms with Crippen LogP contribution in [0.15, 0.2) is 36.5 Å². The summed E-state index contributed by atoms with van der Waals surface area (Å²) in [5.41, 5.74) is 1.73. The first-order valence-corrected chi connectivity index (χ1v) is 3.83. The Morgan fingerprint density at radius 3 is 2.15 bits per heavy atom. The van der Waals surface area contributed by atoms with E-state index >= 15 is 0 Å². The minimum absolute atomic E-state index is 0.189. The Balaban J connectivity index is 0.000000175. The molecule has 1 aliphatic heterocycles. The molecule has 0 unspecified atom stereocenters. The fourth-order valence-corrected chi connectivity index (χ4v) is 0.598. The van der Waals surface area contributed by atoms with Crippen LogP contribution < -0.4 is 5.32 Å². The molecule has 1 aromatic carbocycles. The number of nitriles is 1. The number of phenolic OH excluding ortho intramolecular Hbond substituents is 1. The van der Waals surface area contributed by atoms with Gasteiger partial charge in [0.1, 0.15) is 5.75 Å². The summed E-state index contributed by atoms with van der Waals surface area (Å²) in [4.78, 5) is 0. The number of hydrogen-bond acceptors (Lipinski definition) is 3. The Bertz CT molecular complexity index is 329. The highest BCUT2D eigenvalue weighted by atomic mass is 16.3. The number of phenols is 1. The van der Waals surface area contributed by atoms with Gasteiger partial charge in [0.05, 0.1) is 18.2 Å². The Morgan fingerprint density at radius 1 is 1.38 bits per heavy atom. The van der Waals surface area contributed by atoms with E-state index < -0.39 is 0 Å². The Labute approximate surface area is 76.9 Å². The van der Waals surface area contributed by atoms with Crippen molar-refractivity contribution in [3.05, 3.63) is 42.1 Å². The molecular formula is C10H10N2O. The molecule has 2 rings (SSSR count). The first-order valence-electron chi connectivity index (χ1n) is 3.83. The lowest BCUT2D eigenvalue weighted by atomic mass is 10.2. The quantitative estimate of drug-likeness (QED) is 0.584. The molecule has 66 valence electrons. The Morgan fingerprint density at radius 2 is 1.85 bits per heavy atom. The van der Waals surface area contributed by atoms with E-state index in [1.807, 2.05) is 6.07 Å². The molecule has 1 heterocycles. The van der Waals surface area contributed by atoms with Crippen LogP contribution in [-0.2, 0) is 0 Å². The van der Waals surface area contributed by atoms with Crippen molar-refractivity contribution < 1.29 is 5.11 Å². The van der Waals surface area contributed by atoms with Crippen LogP contribution in [0.2, 0.25) is 0 Å². The van der Waals surface area contributed by atoms with Crippen molar-refractivity contribution in [1.82, 2.24) is 5.32 Å². The maximum Gasteiger partial charge on any atom is 0.115 e. The van der Waals surface area contributed by atoms with Gasteiger partial charge in [-0.3, -0.25) is 0 Å². The standard InChI is InChI=1S/C7H5NO.C3H5N/c8-5-6-1-3-7(9)4-2-6;1-3-2-4-3/h1-4,9H;4H,1-2H2. The summed E-state index contributed by atoms with van der Waals surface area (Å²) in [5.74, 6) is 0.189. The van der Waals surface area contributed by atoms with Crippen LogP contribution in [0.3, 0.4) is 0 Å². The summed E-state index contributed by atoms with van der Waals surface area (Å²) in [7, 11) is 0. The van der Waals surface area contributed by atoms with Gasteiger partial charge in [0.15, 0.2) is 0 Å². The largest absolute Gasteiger partial charge is 0.508 e. The lowest BCUT2D eigenvalue weighted by Crippen LogP contribution is -1.69. The predicted octanol–water partition coefficient (Wildman–Crippen LogP) is 1.37. The first kappa shape index (κ1) is 9.14. The van der Waals surface area contributed by atoms with Crippen molar-refractivity contribution in [3.63, 3.8) is 0 Å². The third-order valence-corrected chi connectivity index (χ3v) is 1.42. The second-order valence-corrected chi connectivity index (χ2v) is 2.62. The fourth-order valence-electron chi connectivity index (χ4n) is 0.598. The van der Waals surface area contributed by atoms with Crippen molar-refractivity contribution in [1.29, 1.82) is 5.26 Å². The summed E-state index contributed by atoms with van der Waals surface area (Å²) >= 11 is 0. The minimum atomic E-state index is 0.189. The molecule has 3 nitrogen and oxygen atoms in total. The van der Waals surface area contributed by atoms with Gasteiger partial charge in [-0.15, -0.1) is 0 Å². The molecule has 2 N–H and O–H groups in total. The van der Waals surface area contributed by atoms with Crippen LogP contribution in [-0.4, -0.2) is 11.7 Å². The van der Waals surface area contributed by atoms with Gasteiger partial charge in [0, 0.05) is 5.70 Å². The molecule has 3 heteroatoms. The van der Waals surface area contributed by atoms with E-state index in [4.69, 9.17) is 10.4 Å². The van der Waals surface area contributed by atoms with E-state index in [-0.39, 0.29) is 5.75 Å². The van der Waals surface area contributed by atoms with Crippen LogP contribution in [0.25, 0.3) is 0 Å². The highest BCUT2D eigenvalue weighted by Gasteiger charge is 2.00. The van der Waals surface area contributed by atoms with Gasteiger partial charge in [0.2, 0.25) is 0 Å². The zero-order chi connectivity index (χ0) is 9.68. The number of hydrogen-bond donors (Lipinski definition) is 2. The Kier molecular flexibility index (Phi) is 2.93. The number of nitrogens with zero attached hydrogens (tertiary/aromatic N) is 1. The van der Waals surface area contributed by atoms with E-state index in [9.17, 15) is 0 Å². The van der Waals surface area contributed by atoms with Gasteiger partial charge in [0.25, 0.3) is 0 Å². The molecule has 1 fully saturated rings. The topological polar surface area (TPSA) is 66.0 Å². The van der Waals surface area contributed by atoms with Gasteiger partial charge < -0.3 is 10.4 Å². The lowest BCUT2D eigenvalue weighted by molar-refractivity contribution is 0.475. The highest BCUT2D eigenvalue weighted by molar-refractivity contribution is 5.33. The van der Waals surface area contributed by atoms with Gasteiger partial charge in [-0.1, -0.05) is 6.58 Å². The monoisotopic (exact) mass is 174 g/mol. The van der Waals surface area contributed by atoms with E-state index in [1.165, 1.54) is 17.8 Å². The molecule has 13 heavy (non-hydrogen) atoms. The molecule has 0 radical (unpaired) electrons. The molecule has 1 aliphatic rings. The molecule has 0 aliphatic carbocycles. The van der Waals surface area contributed by atoms with Crippen LogP contribution in [0.1, 0.15) is 5.56 Å². The minimum Gasteiger partial charge on any atom is -0.508 e. The summed E-state index contributed by atoms with van der Waals surface area (Å²) in [6.45, 7) is 4.60. The Hall–Kier alpha value is -1.95. The summed E-state index contributed by atoms with van der Waals surface area (Å²) in [5, 5.41) is 19.9. The normalized spacial score (nSPS) is 11.8. The first-order chi connectivity index (χ1) is 6.22. The maximum atomic E-state index is 8.74. The van der Waals surface area contributed by atoms with Crippen molar-refractivity contribution in [2.45, 2.75) is 0 Å². The SMILES string of the molecule is C=C1CN1.N#Cc1ccc(O)cc1. The van der Waals surface area contributed by atoms with E-state index in [2.05, 4.69) is 11.9 Å². The van der Waals surface area contributed by atoms with Crippen molar-refractivity contribution in [2.24, 2.45) is 0 Å². The highest BCUT2D eigenvalue weighted by Crippen LogP contribution is 2.07. The van der Waals surface area contributed by atoms with E-state index in [0.717, 1.165) is 6.54 Å². The van der Waals surface area contributed by atoms with Crippen molar-refractivity contribution in [3.8, 4) is 11.8 Å². The third kappa shape index (κ3) is 3.82. The summed E-state index contributed by atoms with van der Waals surface area (Å²) in [6.07, 6.45) is 0. The molecule has 0 saturated carbocycles. The molecule has 1 saturated heterocycles. The summed E-state index contributed by atoms with van der Waals surface area (Å²) < 4.78 is 0. The zero-order valence-corrected chi connectivity index (χ0v) is 7.12. The number of benzene rings is 1.